The van der Waals surface area contributed by atoms with Crippen LogP contribution in [0.2, 0.25) is 0 Å². The van der Waals surface area contributed by atoms with Crippen molar-refractivity contribution >= 4 is 5.91 Å². The van der Waals surface area contributed by atoms with Crippen molar-refractivity contribution in [2.75, 3.05) is 6.54 Å². The Balaban J connectivity index is 2.69. The Kier molecular flexibility index (Phi) is 4.52. The molecule has 0 spiro atoms. The predicted molar refractivity (Wildman–Crippen MR) is 73.3 cm³/mol. The highest BCUT2D eigenvalue weighted by molar-refractivity contribution is 5.81. The molecule has 0 heterocycles. The van der Waals surface area contributed by atoms with Gasteiger partial charge < -0.3 is 10.4 Å². The second-order valence-corrected chi connectivity index (χ2v) is 5.84. The Morgan fingerprint density at radius 2 is 1.94 bits per heavy atom. The van der Waals surface area contributed by atoms with Crippen molar-refractivity contribution in [1.82, 2.24) is 5.32 Å². The molecule has 0 bridgehead atoms. The number of carbonyl (C=O) groups is 1. The van der Waals surface area contributed by atoms with Gasteiger partial charge in [-0.15, -0.1) is 0 Å². The lowest BCUT2D eigenvalue weighted by atomic mass is 9.95. The van der Waals surface area contributed by atoms with Crippen LogP contribution in [-0.2, 0) is 4.79 Å². The van der Waals surface area contributed by atoms with Crippen molar-refractivity contribution in [3.05, 3.63) is 34.9 Å². The molecule has 2 N–H and O–H groups in total. The smallest absolute Gasteiger partial charge is 0.225 e. The van der Waals surface area contributed by atoms with E-state index in [4.69, 9.17) is 0 Å². The van der Waals surface area contributed by atoms with E-state index in [-0.39, 0.29) is 12.5 Å². The third-order valence-electron chi connectivity index (χ3n) is 2.93. The summed E-state index contributed by atoms with van der Waals surface area (Å²) in [4.78, 5) is 11.7. The summed E-state index contributed by atoms with van der Waals surface area (Å²) in [5, 5.41) is 12.9. The zero-order valence-electron chi connectivity index (χ0n) is 11.9. The van der Waals surface area contributed by atoms with Gasteiger partial charge in [-0.05, 0) is 25.0 Å². The second kappa shape index (κ2) is 5.53. The first-order chi connectivity index (χ1) is 8.21. The summed E-state index contributed by atoms with van der Waals surface area (Å²) < 4.78 is 0. The van der Waals surface area contributed by atoms with Gasteiger partial charge in [0.25, 0.3) is 0 Å². The first kappa shape index (κ1) is 14.7. The van der Waals surface area contributed by atoms with Crippen LogP contribution in [0.5, 0.6) is 0 Å². The largest absolute Gasteiger partial charge is 0.387 e. The first-order valence-corrected chi connectivity index (χ1v) is 6.25. The fourth-order valence-corrected chi connectivity index (χ4v) is 1.68. The lowest BCUT2D eigenvalue weighted by Gasteiger charge is -2.20. The highest BCUT2D eigenvalue weighted by Gasteiger charge is 2.22. The molecule has 1 amide bonds. The van der Waals surface area contributed by atoms with Crippen molar-refractivity contribution in [3.63, 3.8) is 0 Å². The van der Waals surface area contributed by atoms with Gasteiger partial charge >= 0.3 is 0 Å². The summed E-state index contributed by atoms with van der Waals surface area (Å²) in [7, 11) is 0. The van der Waals surface area contributed by atoms with Crippen molar-refractivity contribution < 1.29 is 9.90 Å². The first-order valence-electron chi connectivity index (χ1n) is 6.25. The highest BCUT2D eigenvalue weighted by atomic mass is 16.3. The van der Waals surface area contributed by atoms with Crippen LogP contribution < -0.4 is 5.32 Å². The minimum absolute atomic E-state index is 0.0492. The molecule has 18 heavy (non-hydrogen) atoms. The monoisotopic (exact) mass is 249 g/mol. The SMILES string of the molecule is Cc1ccc(C)c(C(O)CNC(=O)C(C)(C)C)c1. The van der Waals surface area contributed by atoms with Crippen LogP contribution in [-0.4, -0.2) is 17.6 Å². The number of aryl methyl sites for hydroxylation is 2. The molecular formula is C15H23NO2. The maximum atomic E-state index is 11.7. The maximum Gasteiger partial charge on any atom is 0.225 e. The van der Waals surface area contributed by atoms with Gasteiger partial charge in [-0.25, -0.2) is 0 Å². The van der Waals surface area contributed by atoms with Gasteiger partial charge in [0.05, 0.1) is 6.10 Å². The van der Waals surface area contributed by atoms with Crippen LogP contribution in [0.4, 0.5) is 0 Å². The Bertz CT molecular complexity index is 433. The van der Waals surface area contributed by atoms with E-state index in [1.807, 2.05) is 52.8 Å². The maximum absolute atomic E-state index is 11.7. The number of hydrogen-bond donors (Lipinski definition) is 2. The lowest BCUT2D eigenvalue weighted by molar-refractivity contribution is -0.129. The summed E-state index contributed by atoms with van der Waals surface area (Å²) >= 11 is 0. The molecule has 3 nitrogen and oxygen atoms in total. The van der Waals surface area contributed by atoms with Crippen LogP contribution in [0.3, 0.4) is 0 Å². The van der Waals surface area contributed by atoms with Gasteiger partial charge in [0.1, 0.15) is 0 Å². The Morgan fingerprint density at radius 1 is 1.33 bits per heavy atom. The van der Waals surface area contributed by atoms with E-state index in [1.165, 1.54) is 0 Å². The van der Waals surface area contributed by atoms with Crippen molar-refractivity contribution in [2.24, 2.45) is 5.41 Å². The quantitative estimate of drug-likeness (QED) is 0.864. The number of carbonyl (C=O) groups excluding carboxylic acids is 1. The normalized spacial score (nSPS) is 13.2. The molecule has 0 radical (unpaired) electrons. The van der Waals surface area contributed by atoms with Crippen molar-refractivity contribution in [2.45, 2.75) is 40.7 Å². The average Bonchev–Trinajstić information content (AvgIpc) is 2.27. The number of aliphatic hydroxyl groups is 1. The highest BCUT2D eigenvalue weighted by Crippen LogP contribution is 2.19. The van der Waals surface area contributed by atoms with Crippen molar-refractivity contribution in [1.29, 1.82) is 0 Å². The molecule has 1 unspecified atom stereocenters. The van der Waals surface area contributed by atoms with E-state index >= 15 is 0 Å². The van der Waals surface area contributed by atoms with Gasteiger partial charge in [-0.2, -0.15) is 0 Å². The number of hydrogen-bond acceptors (Lipinski definition) is 2. The predicted octanol–water partition coefficient (Wildman–Crippen LogP) is 2.50. The van der Waals surface area contributed by atoms with E-state index in [0.29, 0.717) is 0 Å². The zero-order valence-corrected chi connectivity index (χ0v) is 11.9. The number of benzene rings is 1. The van der Waals surface area contributed by atoms with E-state index < -0.39 is 11.5 Å². The van der Waals surface area contributed by atoms with Crippen molar-refractivity contribution in [3.8, 4) is 0 Å². The molecule has 0 aliphatic rings. The summed E-state index contributed by atoms with van der Waals surface area (Å²) in [6.07, 6.45) is -0.656. The van der Waals surface area contributed by atoms with Gasteiger partial charge in [0.2, 0.25) is 5.91 Å². The van der Waals surface area contributed by atoms with Gasteiger partial charge in [0, 0.05) is 12.0 Å². The minimum Gasteiger partial charge on any atom is -0.387 e. The lowest BCUT2D eigenvalue weighted by Crippen LogP contribution is -2.37. The topological polar surface area (TPSA) is 49.3 Å². The standard InChI is InChI=1S/C15H23NO2/c1-10-6-7-11(2)12(8-10)13(17)9-16-14(18)15(3,4)5/h6-8,13,17H,9H2,1-5H3,(H,16,18). The molecule has 0 saturated carbocycles. The van der Waals surface area contributed by atoms with Gasteiger partial charge in [0.15, 0.2) is 0 Å². The zero-order chi connectivity index (χ0) is 13.9. The van der Waals surface area contributed by atoms with E-state index in [9.17, 15) is 9.90 Å². The molecule has 0 fully saturated rings. The van der Waals surface area contributed by atoms with Crippen LogP contribution >= 0.6 is 0 Å². The third-order valence-corrected chi connectivity index (χ3v) is 2.93. The molecule has 100 valence electrons. The summed E-state index contributed by atoms with van der Waals surface area (Å²) in [6.45, 7) is 9.76. The second-order valence-electron chi connectivity index (χ2n) is 5.84. The van der Waals surface area contributed by atoms with Crippen LogP contribution in [0, 0.1) is 19.3 Å². The van der Waals surface area contributed by atoms with Crippen LogP contribution in [0.25, 0.3) is 0 Å². The Labute approximate surface area is 109 Å². The molecule has 0 aliphatic carbocycles. The molecule has 0 aromatic heterocycles. The Hall–Kier alpha value is -1.35. The Morgan fingerprint density at radius 3 is 2.50 bits per heavy atom. The van der Waals surface area contributed by atoms with Crippen LogP contribution in [0.15, 0.2) is 18.2 Å². The summed E-state index contributed by atoms with van der Waals surface area (Å²) in [6, 6.07) is 5.96. The molecule has 1 rings (SSSR count). The van der Waals surface area contributed by atoms with E-state index in [2.05, 4.69) is 5.32 Å². The van der Waals surface area contributed by atoms with Gasteiger partial charge in [-0.1, -0.05) is 44.5 Å². The molecule has 3 heteroatoms. The fourth-order valence-electron chi connectivity index (χ4n) is 1.68. The van der Waals surface area contributed by atoms with Crippen LogP contribution in [0.1, 0.15) is 43.6 Å². The minimum atomic E-state index is -0.656. The van der Waals surface area contributed by atoms with E-state index in [0.717, 1.165) is 16.7 Å². The number of aliphatic hydroxyl groups excluding tert-OH is 1. The summed E-state index contributed by atoms with van der Waals surface area (Å²) in [5.41, 5.74) is 2.60. The molecule has 0 aliphatic heterocycles. The molecular weight excluding hydrogens is 226 g/mol. The summed E-state index contributed by atoms with van der Waals surface area (Å²) in [5.74, 6) is -0.0492. The number of nitrogens with one attached hydrogen (secondary N) is 1. The number of rotatable bonds is 3. The molecule has 0 saturated heterocycles. The molecule has 1 atom stereocenters. The molecule has 1 aromatic rings. The molecule has 1 aromatic carbocycles. The van der Waals surface area contributed by atoms with Gasteiger partial charge in [-0.3, -0.25) is 4.79 Å². The number of amides is 1. The van der Waals surface area contributed by atoms with E-state index in [1.54, 1.807) is 0 Å². The fraction of sp³-hybridized carbons (Fsp3) is 0.533. The average molecular weight is 249 g/mol. The third kappa shape index (κ3) is 3.84.